The van der Waals surface area contributed by atoms with Gasteiger partial charge in [-0.25, -0.2) is 4.98 Å². The first-order valence-corrected chi connectivity index (χ1v) is 9.24. The van der Waals surface area contributed by atoms with Gasteiger partial charge in [0.05, 0.1) is 29.1 Å². The van der Waals surface area contributed by atoms with Gasteiger partial charge < -0.3 is 15.6 Å². The lowest BCUT2D eigenvalue weighted by Gasteiger charge is -2.13. The number of nitrogens with one attached hydrogen (secondary N) is 3. The molecule has 29 heavy (non-hydrogen) atoms. The second-order valence-electron chi connectivity index (χ2n) is 5.69. The third kappa shape index (κ3) is 7.11. The molecule has 11 heteroatoms. The molecule has 0 fully saturated rings. The Bertz CT molecular complexity index is 960. The average Bonchev–Trinajstić information content (AvgIpc) is 2.64. The van der Waals surface area contributed by atoms with Crippen molar-refractivity contribution in [1.29, 1.82) is 0 Å². The van der Waals surface area contributed by atoms with Crippen molar-refractivity contribution in [3.8, 4) is 0 Å². The van der Waals surface area contributed by atoms with Crippen LogP contribution in [0.25, 0.3) is 0 Å². The van der Waals surface area contributed by atoms with E-state index in [-0.39, 0.29) is 41.2 Å². The van der Waals surface area contributed by atoms with Gasteiger partial charge in [-0.2, -0.15) is 13.2 Å². The molecule has 0 aliphatic heterocycles. The minimum Gasteiger partial charge on any atom is -0.352 e. The summed E-state index contributed by atoms with van der Waals surface area (Å²) in [4.78, 5) is 41.9. The Hall–Kier alpha value is -3.08. The van der Waals surface area contributed by atoms with E-state index in [9.17, 15) is 27.6 Å². The van der Waals surface area contributed by atoms with Crippen molar-refractivity contribution < 1.29 is 22.8 Å². The lowest BCUT2D eigenvalue weighted by atomic mass is 10.1. The van der Waals surface area contributed by atoms with Gasteiger partial charge in [-0.05, 0) is 12.1 Å². The molecular weight excluding hydrogens is 409 g/mol. The van der Waals surface area contributed by atoms with Crippen molar-refractivity contribution in [2.75, 3.05) is 17.6 Å². The number of aromatic nitrogens is 2. The van der Waals surface area contributed by atoms with E-state index in [2.05, 4.69) is 27.2 Å². The SMILES string of the molecule is C=CCNC(=O)Cc1cc(=O)[nH]c(SCC(=O)Nc2ccccc2C(F)(F)F)n1. The second kappa shape index (κ2) is 9.92. The Morgan fingerprint density at radius 1 is 1.24 bits per heavy atom. The Balaban J connectivity index is 2.01. The van der Waals surface area contributed by atoms with Gasteiger partial charge in [0.15, 0.2) is 5.16 Å². The first kappa shape index (κ1) is 22.2. The summed E-state index contributed by atoms with van der Waals surface area (Å²) in [6.45, 7) is 3.74. The highest BCUT2D eigenvalue weighted by atomic mass is 32.2. The molecule has 0 saturated carbocycles. The number of nitrogens with zero attached hydrogens (tertiary/aromatic N) is 1. The molecule has 2 rings (SSSR count). The van der Waals surface area contributed by atoms with E-state index in [4.69, 9.17) is 0 Å². The maximum absolute atomic E-state index is 13.0. The zero-order chi connectivity index (χ0) is 21.4. The molecule has 0 aliphatic carbocycles. The Morgan fingerprint density at radius 3 is 2.66 bits per heavy atom. The molecule has 0 unspecified atom stereocenters. The van der Waals surface area contributed by atoms with Gasteiger partial charge in [0.2, 0.25) is 11.8 Å². The zero-order valence-corrected chi connectivity index (χ0v) is 15.8. The normalized spacial score (nSPS) is 11.0. The predicted octanol–water partition coefficient (Wildman–Crippen LogP) is 2.36. The van der Waals surface area contributed by atoms with Crippen molar-refractivity contribution >= 4 is 29.3 Å². The standard InChI is InChI=1S/C18H17F3N4O3S/c1-2-7-22-14(26)8-11-9-15(27)25-17(23-11)29-10-16(28)24-13-6-4-3-5-12(13)18(19,20)21/h2-6,9H,1,7-8,10H2,(H,22,26)(H,24,28)(H,23,25,27). The number of para-hydroxylation sites is 1. The van der Waals surface area contributed by atoms with Crippen molar-refractivity contribution in [3.63, 3.8) is 0 Å². The molecule has 154 valence electrons. The Kier molecular flexibility index (Phi) is 7.59. The quantitative estimate of drug-likeness (QED) is 0.342. The maximum Gasteiger partial charge on any atom is 0.418 e. The largest absolute Gasteiger partial charge is 0.418 e. The molecule has 1 aromatic carbocycles. The van der Waals surface area contributed by atoms with E-state index in [0.29, 0.717) is 0 Å². The fraction of sp³-hybridized carbons (Fsp3) is 0.222. The topological polar surface area (TPSA) is 104 Å². The molecule has 0 radical (unpaired) electrons. The highest BCUT2D eigenvalue weighted by Crippen LogP contribution is 2.34. The number of amides is 2. The Labute approximate surface area is 167 Å². The zero-order valence-electron chi connectivity index (χ0n) is 15.0. The van der Waals surface area contributed by atoms with Crippen LogP contribution in [-0.4, -0.2) is 34.1 Å². The lowest BCUT2D eigenvalue weighted by Crippen LogP contribution is -2.26. The molecule has 2 amide bonds. The van der Waals surface area contributed by atoms with Crippen molar-refractivity contribution in [3.05, 3.63) is 64.6 Å². The molecule has 0 atom stereocenters. The maximum atomic E-state index is 13.0. The van der Waals surface area contributed by atoms with Crippen LogP contribution in [0.1, 0.15) is 11.3 Å². The molecule has 2 aromatic rings. The first-order chi connectivity index (χ1) is 13.7. The van der Waals surface area contributed by atoms with Crippen LogP contribution in [0.2, 0.25) is 0 Å². The van der Waals surface area contributed by atoms with Crippen molar-refractivity contribution in [2.24, 2.45) is 0 Å². The number of benzene rings is 1. The van der Waals surface area contributed by atoms with E-state index in [1.54, 1.807) is 0 Å². The van der Waals surface area contributed by atoms with Gasteiger partial charge in [-0.15, -0.1) is 6.58 Å². The number of rotatable bonds is 8. The van der Waals surface area contributed by atoms with Crippen LogP contribution in [0, 0.1) is 0 Å². The van der Waals surface area contributed by atoms with Crippen LogP contribution in [0.15, 0.2) is 52.9 Å². The van der Waals surface area contributed by atoms with E-state index >= 15 is 0 Å². The van der Waals surface area contributed by atoms with Crippen molar-refractivity contribution in [2.45, 2.75) is 17.8 Å². The lowest BCUT2D eigenvalue weighted by molar-refractivity contribution is -0.137. The summed E-state index contributed by atoms with van der Waals surface area (Å²) in [5.41, 5.74) is -1.64. The van der Waals surface area contributed by atoms with Gasteiger partial charge in [0, 0.05) is 12.6 Å². The number of carbonyl (C=O) groups is 2. The number of alkyl halides is 3. The Morgan fingerprint density at radius 2 is 1.97 bits per heavy atom. The summed E-state index contributed by atoms with van der Waals surface area (Å²) < 4.78 is 38.9. The molecule has 3 N–H and O–H groups in total. The van der Waals surface area contributed by atoms with Crippen LogP contribution >= 0.6 is 11.8 Å². The molecule has 0 bridgehead atoms. The molecule has 7 nitrogen and oxygen atoms in total. The van der Waals surface area contributed by atoms with Crippen LogP contribution < -0.4 is 16.2 Å². The van der Waals surface area contributed by atoms with E-state index in [1.807, 2.05) is 0 Å². The fourth-order valence-corrected chi connectivity index (χ4v) is 2.91. The molecule has 0 spiro atoms. The summed E-state index contributed by atoms with van der Waals surface area (Å²) in [6, 6.07) is 5.75. The number of H-pyrrole nitrogens is 1. The van der Waals surface area contributed by atoms with Gasteiger partial charge in [0.1, 0.15) is 0 Å². The van der Waals surface area contributed by atoms with E-state index in [0.717, 1.165) is 30.0 Å². The summed E-state index contributed by atoms with van der Waals surface area (Å²) in [6.07, 6.45) is -3.25. The summed E-state index contributed by atoms with van der Waals surface area (Å²) in [5.74, 6) is -1.36. The van der Waals surface area contributed by atoms with E-state index in [1.165, 1.54) is 18.2 Å². The van der Waals surface area contributed by atoms with Crippen molar-refractivity contribution in [1.82, 2.24) is 15.3 Å². The highest BCUT2D eigenvalue weighted by molar-refractivity contribution is 7.99. The minimum absolute atomic E-state index is 0.0725. The number of aromatic amines is 1. The van der Waals surface area contributed by atoms with Crippen LogP contribution in [-0.2, 0) is 22.2 Å². The summed E-state index contributed by atoms with van der Waals surface area (Å²) >= 11 is 0.827. The minimum atomic E-state index is -4.61. The van der Waals surface area contributed by atoms with Crippen LogP contribution in [0.3, 0.4) is 0 Å². The first-order valence-electron chi connectivity index (χ1n) is 8.25. The third-order valence-corrected chi connectivity index (χ3v) is 4.28. The molecule has 0 aliphatic rings. The predicted molar refractivity (Wildman–Crippen MR) is 103 cm³/mol. The van der Waals surface area contributed by atoms with Gasteiger partial charge in [-0.1, -0.05) is 30.0 Å². The number of hydrogen-bond donors (Lipinski definition) is 3. The smallest absolute Gasteiger partial charge is 0.352 e. The fourth-order valence-electron chi connectivity index (χ4n) is 2.21. The third-order valence-electron chi connectivity index (χ3n) is 3.40. The van der Waals surface area contributed by atoms with Gasteiger partial charge in [0.25, 0.3) is 5.56 Å². The molecular formula is C18H17F3N4O3S. The van der Waals surface area contributed by atoms with Gasteiger partial charge in [-0.3, -0.25) is 14.4 Å². The second-order valence-corrected chi connectivity index (χ2v) is 6.66. The molecule has 0 saturated heterocycles. The average molecular weight is 426 g/mol. The van der Waals surface area contributed by atoms with E-state index < -0.39 is 23.2 Å². The number of carbonyl (C=O) groups excluding carboxylic acids is 2. The molecule has 1 aromatic heterocycles. The number of hydrogen-bond acceptors (Lipinski definition) is 5. The summed E-state index contributed by atoms with van der Waals surface area (Å²) in [7, 11) is 0. The van der Waals surface area contributed by atoms with Crippen LogP contribution in [0.4, 0.5) is 18.9 Å². The summed E-state index contributed by atoms with van der Waals surface area (Å²) in [5, 5.41) is 4.81. The number of thioether (sulfide) groups is 1. The number of halogens is 3. The monoisotopic (exact) mass is 426 g/mol. The number of anilines is 1. The highest BCUT2D eigenvalue weighted by Gasteiger charge is 2.33. The van der Waals surface area contributed by atoms with Crippen LogP contribution in [0.5, 0.6) is 0 Å². The molecule has 1 heterocycles. The van der Waals surface area contributed by atoms with Gasteiger partial charge >= 0.3 is 6.18 Å².